The lowest BCUT2D eigenvalue weighted by atomic mass is 10.2. The maximum Gasteiger partial charge on any atom is 0.300 e. The van der Waals surface area contributed by atoms with E-state index in [1.54, 1.807) is 12.1 Å². The molecule has 0 bridgehead atoms. The Balaban J connectivity index is 2.55. The van der Waals surface area contributed by atoms with Crippen LogP contribution in [0.1, 0.15) is 12.5 Å². The lowest BCUT2D eigenvalue weighted by molar-refractivity contribution is 0.346. The van der Waals surface area contributed by atoms with Gasteiger partial charge in [0.1, 0.15) is 5.75 Å². The first-order valence-corrected chi connectivity index (χ1v) is 7.71. The van der Waals surface area contributed by atoms with Gasteiger partial charge in [0.15, 0.2) is 16.5 Å². The molecule has 0 aliphatic rings. The molecule has 23 heavy (non-hydrogen) atoms. The van der Waals surface area contributed by atoms with E-state index in [1.807, 2.05) is 6.92 Å². The molecule has 0 aromatic heterocycles. The number of benzene rings is 2. The Bertz CT molecular complexity index is 819. The SMILES string of the molecule is CCc1ccc(Oc2c(F)c(F)c(S(=O)(=O)O)c(F)c2F)cc1. The zero-order valence-electron chi connectivity index (χ0n) is 11.6. The number of rotatable bonds is 4. The van der Waals surface area contributed by atoms with E-state index in [0.29, 0.717) is 6.42 Å². The van der Waals surface area contributed by atoms with Gasteiger partial charge in [0.05, 0.1) is 0 Å². The van der Waals surface area contributed by atoms with Gasteiger partial charge in [-0.05, 0) is 24.1 Å². The van der Waals surface area contributed by atoms with Gasteiger partial charge in [-0.2, -0.15) is 17.2 Å². The summed E-state index contributed by atoms with van der Waals surface area (Å²) in [5.41, 5.74) is 0.886. The van der Waals surface area contributed by atoms with Gasteiger partial charge in [-0.25, -0.2) is 8.78 Å². The Morgan fingerprint density at radius 1 is 0.957 bits per heavy atom. The average Bonchev–Trinajstić information content (AvgIpc) is 2.49. The molecule has 0 amide bonds. The third kappa shape index (κ3) is 3.30. The minimum Gasteiger partial charge on any atom is -0.451 e. The summed E-state index contributed by atoms with van der Waals surface area (Å²) in [6, 6.07) is 5.79. The molecule has 0 atom stereocenters. The van der Waals surface area contributed by atoms with Gasteiger partial charge in [0, 0.05) is 0 Å². The van der Waals surface area contributed by atoms with Gasteiger partial charge in [0.2, 0.25) is 17.4 Å². The molecule has 4 nitrogen and oxygen atoms in total. The van der Waals surface area contributed by atoms with Crippen LogP contribution >= 0.6 is 0 Å². The predicted molar refractivity (Wildman–Crippen MR) is 72.0 cm³/mol. The molecule has 2 aromatic rings. The minimum atomic E-state index is -5.49. The van der Waals surface area contributed by atoms with Gasteiger partial charge >= 0.3 is 10.1 Å². The summed E-state index contributed by atoms with van der Waals surface area (Å²) in [5, 5.41) is 0. The second-order valence-electron chi connectivity index (χ2n) is 4.49. The summed E-state index contributed by atoms with van der Waals surface area (Å²) >= 11 is 0. The fourth-order valence-corrected chi connectivity index (χ4v) is 2.45. The van der Waals surface area contributed by atoms with E-state index in [-0.39, 0.29) is 5.75 Å². The number of aryl methyl sites for hydroxylation is 1. The van der Waals surface area contributed by atoms with Crippen LogP contribution in [-0.2, 0) is 16.5 Å². The lowest BCUT2D eigenvalue weighted by Gasteiger charge is -2.11. The average molecular weight is 350 g/mol. The van der Waals surface area contributed by atoms with Crippen LogP contribution in [0, 0.1) is 23.3 Å². The number of hydrogen-bond acceptors (Lipinski definition) is 3. The van der Waals surface area contributed by atoms with E-state index in [2.05, 4.69) is 0 Å². The van der Waals surface area contributed by atoms with E-state index in [1.165, 1.54) is 12.1 Å². The van der Waals surface area contributed by atoms with Crippen molar-refractivity contribution >= 4 is 10.1 Å². The summed E-state index contributed by atoms with van der Waals surface area (Å²) in [5.74, 6) is -10.2. The first-order valence-electron chi connectivity index (χ1n) is 6.27. The van der Waals surface area contributed by atoms with Gasteiger partial charge in [-0.3, -0.25) is 4.55 Å². The summed E-state index contributed by atoms with van der Waals surface area (Å²) in [7, 11) is -5.49. The van der Waals surface area contributed by atoms with Crippen LogP contribution in [-0.4, -0.2) is 13.0 Å². The van der Waals surface area contributed by atoms with Crippen molar-refractivity contribution in [1.82, 2.24) is 0 Å². The Labute approximate surface area is 129 Å². The molecule has 124 valence electrons. The van der Waals surface area contributed by atoms with Crippen molar-refractivity contribution in [3.8, 4) is 11.5 Å². The van der Waals surface area contributed by atoms with Crippen molar-refractivity contribution in [2.45, 2.75) is 18.2 Å². The van der Waals surface area contributed by atoms with Crippen LogP contribution in [0.25, 0.3) is 0 Å². The fraction of sp³-hybridized carbons (Fsp3) is 0.143. The highest BCUT2D eigenvalue weighted by molar-refractivity contribution is 7.85. The first kappa shape index (κ1) is 17.2. The predicted octanol–water partition coefficient (Wildman–Crippen LogP) is 3.84. The zero-order valence-corrected chi connectivity index (χ0v) is 12.4. The van der Waals surface area contributed by atoms with Crippen LogP contribution in [0.15, 0.2) is 29.2 Å². The Kier molecular flexibility index (Phi) is 4.62. The molecule has 0 saturated carbocycles. The number of halogens is 4. The summed E-state index contributed by atoms with van der Waals surface area (Å²) in [6.07, 6.45) is 0.690. The summed E-state index contributed by atoms with van der Waals surface area (Å²) in [6.45, 7) is 1.87. The Morgan fingerprint density at radius 3 is 1.83 bits per heavy atom. The first-order chi connectivity index (χ1) is 10.7. The second-order valence-corrected chi connectivity index (χ2v) is 5.85. The normalized spacial score (nSPS) is 11.6. The molecule has 0 fully saturated rings. The Morgan fingerprint density at radius 2 is 1.43 bits per heavy atom. The van der Waals surface area contributed by atoms with Crippen molar-refractivity contribution in [2.24, 2.45) is 0 Å². The molecule has 9 heteroatoms. The Hall–Kier alpha value is -2.13. The molecule has 0 unspecified atom stereocenters. The molecule has 2 aromatic carbocycles. The highest BCUT2D eigenvalue weighted by atomic mass is 32.2. The highest BCUT2D eigenvalue weighted by Gasteiger charge is 2.33. The third-order valence-corrected chi connectivity index (χ3v) is 3.87. The van der Waals surface area contributed by atoms with E-state index >= 15 is 0 Å². The quantitative estimate of drug-likeness (QED) is 0.517. The van der Waals surface area contributed by atoms with Gasteiger partial charge in [-0.1, -0.05) is 19.1 Å². The van der Waals surface area contributed by atoms with Crippen LogP contribution in [0.3, 0.4) is 0 Å². The van der Waals surface area contributed by atoms with Crippen molar-refractivity contribution in [1.29, 1.82) is 0 Å². The molecule has 1 N–H and O–H groups in total. The molecular weight excluding hydrogens is 340 g/mol. The van der Waals surface area contributed by atoms with Gasteiger partial charge < -0.3 is 4.74 Å². The molecule has 0 radical (unpaired) electrons. The molecular formula is C14H10F4O4S. The summed E-state index contributed by atoms with van der Waals surface area (Å²) in [4.78, 5) is -2.11. The van der Waals surface area contributed by atoms with Crippen molar-refractivity contribution in [3.05, 3.63) is 53.1 Å². The molecule has 0 heterocycles. The van der Waals surface area contributed by atoms with Gasteiger partial charge in [0.25, 0.3) is 0 Å². The smallest absolute Gasteiger partial charge is 0.300 e. The zero-order chi connectivity index (χ0) is 17.4. The van der Waals surface area contributed by atoms with Crippen molar-refractivity contribution < 1.29 is 35.3 Å². The maximum atomic E-state index is 13.8. The fourth-order valence-electron chi connectivity index (χ4n) is 1.82. The number of ether oxygens (including phenoxy) is 1. The van der Waals surface area contributed by atoms with Crippen molar-refractivity contribution in [3.63, 3.8) is 0 Å². The van der Waals surface area contributed by atoms with E-state index in [9.17, 15) is 26.0 Å². The van der Waals surface area contributed by atoms with E-state index in [0.717, 1.165) is 5.56 Å². The molecule has 0 aliphatic heterocycles. The summed E-state index contributed by atoms with van der Waals surface area (Å²) < 4.78 is 89.9. The van der Waals surface area contributed by atoms with E-state index in [4.69, 9.17) is 9.29 Å². The molecule has 0 aliphatic carbocycles. The molecule has 0 spiro atoms. The second kappa shape index (κ2) is 6.17. The van der Waals surface area contributed by atoms with Crippen LogP contribution in [0.2, 0.25) is 0 Å². The molecule has 0 saturated heterocycles. The van der Waals surface area contributed by atoms with Crippen LogP contribution in [0.4, 0.5) is 17.6 Å². The third-order valence-electron chi connectivity index (χ3n) is 2.99. The van der Waals surface area contributed by atoms with Crippen molar-refractivity contribution in [2.75, 3.05) is 0 Å². The largest absolute Gasteiger partial charge is 0.451 e. The van der Waals surface area contributed by atoms with Gasteiger partial charge in [-0.15, -0.1) is 0 Å². The van der Waals surface area contributed by atoms with E-state index < -0.39 is 44.0 Å². The minimum absolute atomic E-state index is 0.113. The monoisotopic (exact) mass is 350 g/mol. The molecule has 2 rings (SSSR count). The standard InChI is InChI=1S/C14H10F4O4S/c1-2-7-3-5-8(6-4-7)22-13-9(15)11(17)14(23(19,20)21)12(18)10(13)16/h3-6H,2H2,1H3,(H,19,20,21). The maximum absolute atomic E-state index is 13.8. The number of hydrogen-bond donors (Lipinski definition) is 1. The van der Waals surface area contributed by atoms with Crippen LogP contribution in [0.5, 0.6) is 11.5 Å². The lowest BCUT2D eigenvalue weighted by Crippen LogP contribution is -2.11. The topological polar surface area (TPSA) is 63.6 Å². The highest BCUT2D eigenvalue weighted by Crippen LogP contribution is 2.35. The van der Waals surface area contributed by atoms with Crippen LogP contribution < -0.4 is 4.74 Å².